The van der Waals surface area contributed by atoms with E-state index in [9.17, 15) is 0 Å². The molecule has 0 N–H and O–H groups in total. The fraction of sp³-hybridized carbons (Fsp3) is 0.506. The van der Waals surface area contributed by atoms with Crippen LogP contribution >= 0.6 is 0 Å². The third-order valence-electron chi connectivity index (χ3n) is 17.8. The van der Waals surface area contributed by atoms with Crippen molar-refractivity contribution < 1.29 is 0 Å². The van der Waals surface area contributed by atoms with Crippen LogP contribution in [-0.4, -0.2) is 72.7 Å². The largest absolute Gasteiger partial charge is 0.0779 e. The Morgan fingerprint density at radius 3 is 0.883 bits per heavy atom. The molecule has 522 valence electrons. The molecule has 0 aliphatic rings. The first-order chi connectivity index (χ1) is 42.2. The van der Waals surface area contributed by atoms with Crippen molar-refractivity contribution in [3.05, 3.63) is 195 Å². The maximum atomic E-state index is 2.57. The van der Waals surface area contributed by atoms with Gasteiger partial charge in [-0.2, -0.15) is 0 Å². The van der Waals surface area contributed by atoms with Gasteiger partial charge in [-0.05, 0) is 88.5 Å². The van der Waals surface area contributed by atoms with Crippen molar-refractivity contribution in [1.82, 2.24) is 0 Å². The van der Waals surface area contributed by atoms with Gasteiger partial charge in [0.2, 0.25) is 0 Å². The molecule has 0 unspecified atom stereocenters. The molecule has 0 aliphatic carbocycles. The average Bonchev–Trinajstić information content (AvgIpc) is 0.786. The maximum absolute atomic E-state index is 2.57. The van der Waals surface area contributed by atoms with Crippen molar-refractivity contribution in [2.75, 3.05) is 0 Å². The number of benzene rings is 7. The third kappa shape index (κ3) is 30.7. The molecule has 7 aromatic carbocycles. The first-order valence-corrected chi connectivity index (χ1v) is 67.4. The predicted octanol–water partition coefficient (Wildman–Crippen LogP) is 22.2. The van der Waals surface area contributed by atoms with Crippen molar-refractivity contribution in [3.63, 3.8) is 0 Å². The lowest BCUT2D eigenvalue weighted by Gasteiger charge is -2.30. The summed E-state index contributed by atoms with van der Waals surface area (Å²) in [6.07, 6.45) is 0. The second kappa shape index (κ2) is 36.0. The van der Waals surface area contributed by atoms with E-state index in [1.165, 1.54) is 44.5 Å². The minimum absolute atomic E-state index is 0.653. The van der Waals surface area contributed by atoms with Crippen LogP contribution in [0.4, 0.5) is 0 Å². The normalized spacial score (nSPS) is 12.3. The molecule has 0 fully saturated rings. The van der Waals surface area contributed by atoms with Crippen LogP contribution in [0.2, 0.25) is 177 Å². The van der Waals surface area contributed by atoms with Gasteiger partial charge in [-0.1, -0.05) is 438 Å². The molecule has 0 amide bonds. The molecule has 0 aliphatic heterocycles. The van der Waals surface area contributed by atoms with Crippen LogP contribution < -0.4 is 46.7 Å². The molecule has 7 rings (SSSR count). The van der Waals surface area contributed by atoms with Gasteiger partial charge in [0.15, 0.2) is 0 Å². The Kier molecular flexibility index (Phi) is 33.9. The summed E-state index contributed by atoms with van der Waals surface area (Å²) in [7, 11) is -10.7. The number of hydrogen-bond donors (Lipinski definition) is 0. The lowest BCUT2D eigenvalue weighted by atomic mass is 9.99. The Labute approximate surface area is 594 Å². The molecule has 7 aromatic rings. The quantitative estimate of drug-likeness (QED) is 0.107. The number of rotatable bonds is 12. The molecule has 0 nitrogen and oxygen atoms in total. The molecule has 0 radical (unpaired) electrons. The molecule has 94 heavy (non-hydrogen) atoms. The van der Waals surface area contributed by atoms with Gasteiger partial charge < -0.3 is 0 Å². The van der Waals surface area contributed by atoms with Gasteiger partial charge in [-0.3, -0.25) is 0 Å². The van der Waals surface area contributed by atoms with E-state index in [0.29, 0.717) is 17.8 Å². The van der Waals surface area contributed by atoms with Crippen molar-refractivity contribution >= 4 is 119 Å². The first-order valence-electron chi connectivity index (χ1n) is 35.9. The minimum atomic E-state index is -1.25. The highest BCUT2D eigenvalue weighted by atomic mass is 28.3. The summed E-state index contributed by atoms with van der Waals surface area (Å²) >= 11 is 0. The fourth-order valence-corrected chi connectivity index (χ4v) is 26.6. The zero-order valence-corrected chi connectivity index (χ0v) is 78.0. The topological polar surface area (TPSA) is 0 Å². The molecule has 0 aromatic heterocycles. The predicted molar refractivity (Wildman–Crippen MR) is 467 cm³/mol. The molecule has 0 spiro atoms. The standard InChI is InChI=1S/C16H32Si3.3C13H24Si2.3C10H14/c1-13-15(18(5,6)7)11-14(17(2,3)4)12-16(13)19(8,9)10;1-11-8-12(14(2,3)4)10-13(9-11)15(5,6)7;1-11-8-9-12(14(2,3)4)10-13(11)15(5,6)7;1-11-12(14(2,3)4)9-8-10-13(11)15(5,6)7;1-8(2)10-6-4-9(3)5-7-10;1-8(2)10-6-4-5-9(3)7-10;1-8(2)10-7-5-4-6-9(10)3/h11-12H,1-10H3;3*8-10H,1-7H3;3*4-8H,1-3H3. The van der Waals surface area contributed by atoms with Gasteiger partial charge in [0, 0.05) is 0 Å². The summed E-state index contributed by atoms with van der Waals surface area (Å²) in [5.74, 6) is 1.96. The van der Waals surface area contributed by atoms with Crippen molar-refractivity contribution in [3.8, 4) is 0 Å². The lowest BCUT2D eigenvalue weighted by Crippen LogP contribution is -2.53. The second-order valence-electron chi connectivity index (χ2n) is 37.7. The Morgan fingerprint density at radius 1 is 0.213 bits per heavy atom. The van der Waals surface area contributed by atoms with E-state index >= 15 is 0 Å². The molecule has 0 heterocycles. The van der Waals surface area contributed by atoms with Crippen molar-refractivity contribution in [2.24, 2.45) is 0 Å². The Balaban J connectivity index is 0.000000555. The fourth-order valence-electron chi connectivity index (χ4n) is 11.7. The van der Waals surface area contributed by atoms with E-state index in [4.69, 9.17) is 0 Å². The minimum Gasteiger partial charge on any atom is -0.0656 e. The summed E-state index contributed by atoms with van der Waals surface area (Å²) in [6, 6.07) is 52.4. The average molecular weight is 1420 g/mol. The summed E-state index contributed by atoms with van der Waals surface area (Å²) in [5, 5.41) is 14.8. The van der Waals surface area contributed by atoms with Gasteiger partial charge in [-0.25, -0.2) is 0 Å². The summed E-state index contributed by atoms with van der Waals surface area (Å²) in [4.78, 5) is 0. The molecular formula is C85H146Si9. The van der Waals surface area contributed by atoms with Crippen LogP contribution in [0.25, 0.3) is 0 Å². The van der Waals surface area contributed by atoms with Gasteiger partial charge >= 0.3 is 0 Å². The molecule has 0 saturated heterocycles. The van der Waals surface area contributed by atoms with E-state index in [2.05, 4.69) is 406 Å². The maximum Gasteiger partial charge on any atom is 0.0779 e. The van der Waals surface area contributed by atoms with Crippen LogP contribution in [0.3, 0.4) is 0 Å². The summed E-state index contributed by atoms with van der Waals surface area (Å²) < 4.78 is 0. The van der Waals surface area contributed by atoms with E-state index < -0.39 is 72.7 Å². The summed E-state index contributed by atoms with van der Waals surface area (Å²) in [6.45, 7) is 94.9. The highest BCUT2D eigenvalue weighted by Gasteiger charge is 2.30. The molecule has 0 bridgehead atoms. The number of hydrogen-bond acceptors (Lipinski definition) is 0. The monoisotopic (exact) mass is 1420 g/mol. The Morgan fingerprint density at radius 2 is 0.564 bits per heavy atom. The Hall–Kier alpha value is -3.51. The molecule has 0 saturated carbocycles. The SMILES string of the molecule is Cc1c([Si](C)(C)C)cc([Si](C)(C)C)cc1[Si](C)(C)C.Cc1c([Si](C)(C)C)cccc1[Si](C)(C)C.Cc1cc([Si](C)(C)C)cc([Si](C)(C)C)c1.Cc1ccc(C(C)C)cc1.Cc1ccc([Si](C)(C)C)cc1[Si](C)(C)C.Cc1cccc(C(C)C)c1.Cc1ccccc1C(C)C. The van der Waals surface area contributed by atoms with Crippen LogP contribution in [0.5, 0.6) is 0 Å². The number of aryl methyl sites for hydroxylation is 5. The van der Waals surface area contributed by atoms with Gasteiger partial charge in [0.05, 0.1) is 72.7 Å². The second-order valence-corrected chi connectivity index (χ2v) is 83.2. The summed E-state index contributed by atoms with van der Waals surface area (Å²) in [5.41, 5.74) is 14.5. The van der Waals surface area contributed by atoms with Crippen LogP contribution in [-0.2, 0) is 0 Å². The van der Waals surface area contributed by atoms with E-state index in [1.54, 1.807) is 57.8 Å². The zero-order valence-electron chi connectivity index (χ0n) is 69.0. The van der Waals surface area contributed by atoms with Crippen LogP contribution in [0.15, 0.2) is 140 Å². The van der Waals surface area contributed by atoms with E-state index in [0.717, 1.165) is 0 Å². The first kappa shape index (κ1) is 88.5. The smallest absolute Gasteiger partial charge is 0.0656 e. The van der Waals surface area contributed by atoms with Crippen molar-refractivity contribution in [2.45, 2.75) is 285 Å². The van der Waals surface area contributed by atoms with Gasteiger partial charge in [0.25, 0.3) is 0 Å². The highest BCUT2D eigenvalue weighted by molar-refractivity contribution is 6.96. The Bertz CT molecular complexity index is 3310. The van der Waals surface area contributed by atoms with Crippen LogP contribution in [0.1, 0.15) is 115 Å². The van der Waals surface area contributed by atoms with E-state index in [-0.39, 0.29) is 0 Å². The van der Waals surface area contributed by atoms with Gasteiger partial charge in [0.1, 0.15) is 0 Å². The third-order valence-corrected chi connectivity index (χ3v) is 36.7. The van der Waals surface area contributed by atoms with Crippen LogP contribution in [0, 0.1) is 48.5 Å². The molecule has 0 atom stereocenters. The molecular weight excluding hydrogens is 1270 g/mol. The lowest BCUT2D eigenvalue weighted by molar-refractivity contribution is 0.856. The zero-order chi connectivity index (χ0) is 73.5. The highest BCUT2D eigenvalue weighted by Crippen LogP contribution is 2.20. The molecule has 9 heteroatoms. The van der Waals surface area contributed by atoms with Gasteiger partial charge in [-0.15, -0.1) is 0 Å². The van der Waals surface area contributed by atoms with Crippen molar-refractivity contribution in [1.29, 1.82) is 0 Å². The van der Waals surface area contributed by atoms with E-state index in [1.807, 2.05) is 0 Å².